The van der Waals surface area contributed by atoms with Crippen LogP contribution in [0.2, 0.25) is 0 Å². The van der Waals surface area contributed by atoms with Crippen LogP contribution >= 0.6 is 0 Å². The van der Waals surface area contributed by atoms with Gasteiger partial charge in [-0.15, -0.1) is 0 Å². The summed E-state index contributed by atoms with van der Waals surface area (Å²) >= 11 is 0. The molecule has 0 aromatic heterocycles. The van der Waals surface area contributed by atoms with E-state index in [0.717, 1.165) is 37.8 Å². The van der Waals surface area contributed by atoms with Crippen molar-refractivity contribution < 1.29 is 9.90 Å². The number of amides is 1. The van der Waals surface area contributed by atoms with E-state index in [-0.39, 0.29) is 11.9 Å². The lowest BCUT2D eigenvalue weighted by atomic mass is 10.0. The Morgan fingerprint density at radius 3 is 3.00 bits per heavy atom. The predicted molar refractivity (Wildman–Crippen MR) is 85.3 cm³/mol. The minimum Gasteiger partial charge on any atom is -0.393 e. The van der Waals surface area contributed by atoms with E-state index in [4.69, 9.17) is 5.26 Å². The first-order chi connectivity index (χ1) is 10.6. The Hall–Kier alpha value is -1.86. The van der Waals surface area contributed by atoms with E-state index in [0.29, 0.717) is 18.4 Å². The number of carbonyl (C=O) groups is 1. The zero-order valence-electron chi connectivity index (χ0n) is 13.2. The molecule has 1 amide bonds. The molecule has 1 aromatic rings. The molecular weight excluding hydrogens is 276 g/mol. The quantitative estimate of drug-likeness (QED) is 0.930. The van der Waals surface area contributed by atoms with Gasteiger partial charge >= 0.3 is 0 Å². The lowest BCUT2D eigenvalue weighted by Crippen LogP contribution is -2.41. The van der Waals surface area contributed by atoms with Gasteiger partial charge in [0.25, 0.3) is 5.91 Å². The maximum Gasteiger partial charge on any atom is 0.254 e. The molecule has 1 saturated heterocycles. The van der Waals surface area contributed by atoms with Crippen molar-refractivity contribution in [1.82, 2.24) is 4.90 Å². The van der Waals surface area contributed by atoms with Gasteiger partial charge in [-0.1, -0.05) is 25.0 Å². The second-order valence-electron chi connectivity index (χ2n) is 6.12. The van der Waals surface area contributed by atoms with Gasteiger partial charge in [0.1, 0.15) is 0 Å². The SMILES string of the molecule is CC(O)CC1CCCCCN1C(=O)c1cccc(CC#N)c1. The van der Waals surface area contributed by atoms with Crippen LogP contribution < -0.4 is 0 Å². The van der Waals surface area contributed by atoms with Crippen molar-refractivity contribution in [3.05, 3.63) is 35.4 Å². The van der Waals surface area contributed by atoms with Crippen molar-refractivity contribution in [3.8, 4) is 6.07 Å². The number of benzene rings is 1. The first kappa shape index (κ1) is 16.5. The third-order valence-electron chi connectivity index (χ3n) is 4.21. The zero-order chi connectivity index (χ0) is 15.9. The second kappa shape index (κ2) is 7.95. The Labute approximate surface area is 132 Å². The Balaban J connectivity index is 2.20. The van der Waals surface area contributed by atoms with Crippen LogP contribution in [0, 0.1) is 11.3 Å². The Morgan fingerprint density at radius 2 is 2.27 bits per heavy atom. The standard InChI is InChI=1S/C18H24N2O2/c1-14(21)12-17-8-3-2-4-11-20(17)18(22)16-7-5-6-15(13-16)9-10-19/h5-7,13-14,17,21H,2-4,8-9,11-12H2,1H3. The van der Waals surface area contributed by atoms with Gasteiger partial charge < -0.3 is 10.0 Å². The Morgan fingerprint density at radius 1 is 1.45 bits per heavy atom. The van der Waals surface area contributed by atoms with Gasteiger partial charge in [-0.25, -0.2) is 0 Å². The summed E-state index contributed by atoms with van der Waals surface area (Å²) in [7, 11) is 0. The highest BCUT2D eigenvalue weighted by atomic mass is 16.3. The monoisotopic (exact) mass is 300 g/mol. The molecule has 1 fully saturated rings. The van der Waals surface area contributed by atoms with Crippen LogP contribution in [0.5, 0.6) is 0 Å². The molecule has 1 heterocycles. The van der Waals surface area contributed by atoms with Crippen LogP contribution in [0.3, 0.4) is 0 Å². The van der Waals surface area contributed by atoms with Crippen LogP contribution in [-0.2, 0) is 6.42 Å². The van der Waals surface area contributed by atoms with Gasteiger partial charge in [-0.3, -0.25) is 4.79 Å². The van der Waals surface area contributed by atoms with E-state index in [1.165, 1.54) is 0 Å². The van der Waals surface area contributed by atoms with Crippen LogP contribution in [-0.4, -0.2) is 34.6 Å². The highest BCUT2D eigenvalue weighted by Crippen LogP contribution is 2.23. The average Bonchev–Trinajstić information content (AvgIpc) is 2.72. The first-order valence-corrected chi connectivity index (χ1v) is 8.06. The molecule has 0 radical (unpaired) electrons. The number of hydrogen-bond acceptors (Lipinski definition) is 3. The third-order valence-corrected chi connectivity index (χ3v) is 4.21. The summed E-state index contributed by atoms with van der Waals surface area (Å²) in [5.41, 5.74) is 1.51. The topological polar surface area (TPSA) is 64.3 Å². The summed E-state index contributed by atoms with van der Waals surface area (Å²) < 4.78 is 0. The van der Waals surface area contributed by atoms with E-state index < -0.39 is 6.10 Å². The highest BCUT2D eigenvalue weighted by molar-refractivity contribution is 5.94. The third kappa shape index (κ3) is 4.32. The lowest BCUT2D eigenvalue weighted by Gasteiger charge is -2.31. The summed E-state index contributed by atoms with van der Waals surface area (Å²) in [5.74, 6) is 0.0207. The molecule has 4 heteroatoms. The molecule has 2 rings (SSSR count). The van der Waals surface area contributed by atoms with Crippen molar-refractivity contribution in [3.63, 3.8) is 0 Å². The number of hydrogen-bond donors (Lipinski definition) is 1. The Bertz CT molecular complexity index is 548. The zero-order valence-corrected chi connectivity index (χ0v) is 13.2. The number of aliphatic hydroxyl groups is 1. The number of aliphatic hydroxyl groups excluding tert-OH is 1. The fourth-order valence-electron chi connectivity index (χ4n) is 3.15. The lowest BCUT2D eigenvalue weighted by molar-refractivity contribution is 0.0607. The molecule has 22 heavy (non-hydrogen) atoms. The molecule has 1 N–H and O–H groups in total. The summed E-state index contributed by atoms with van der Waals surface area (Å²) in [5, 5.41) is 18.5. The second-order valence-corrected chi connectivity index (χ2v) is 6.12. The first-order valence-electron chi connectivity index (χ1n) is 8.06. The van der Waals surface area contributed by atoms with Crippen molar-refractivity contribution in [2.75, 3.05) is 6.54 Å². The molecule has 0 spiro atoms. The van der Waals surface area contributed by atoms with Crippen LogP contribution in [0.25, 0.3) is 0 Å². The summed E-state index contributed by atoms with van der Waals surface area (Å²) in [6.45, 7) is 2.53. The minimum absolute atomic E-state index is 0.0207. The van der Waals surface area contributed by atoms with Crippen LogP contribution in [0.4, 0.5) is 0 Å². The number of likely N-dealkylation sites (tertiary alicyclic amines) is 1. The highest BCUT2D eigenvalue weighted by Gasteiger charge is 2.27. The minimum atomic E-state index is -0.400. The molecule has 118 valence electrons. The summed E-state index contributed by atoms with van der Waals surface area (Å²) in [4.78, 5) is 14.8. The van der Waals surface area contributed by atoms with Gasteiger partial charge in [-0.2, -0.15) is 5.26 Å². The molecule has 1 aliphatic heterocycles. The molecule has 2 atom stereocenters. The van der Waals surface area contributed by atoms with E-state index in [1.54, 1.807) is 6.92 Å². The normalized spacial score (nSPS) is 20.0. The van der Waals surface area contributed by atoms with Gasteiger partial charge in [0.05, 0.1) is 18.6 Å². The largest absolute Gasteiger partial charge is 0.393 e. The Kier molecular flexibility index (Phi) is 5.97. The molecule has 1 aromatic carbocycles. The van der Waals surface area contributed by atoms with Crippen LogP contribution in [0.15, 0.2) is 24.3 Å². The molecule has 1 aliphatic rings. The van der Waals surface area contributed by atoms with E-state index in [2.05, 4.69) is 6.07 Å². The number of nitriles is 1. The van der Waals surface area contributed by atoms with E-state index in [1.807, 2.05) is 29.2 Å². The smallest absolute Gasteiger partial charge is 0.254 e. The van der Waals surface area contributed by atoms with Crippen molar-refractivity contribution in [2.45, 2.75) is 57.6 Å². The fraction of sp³-hybridized carbons (Fsp3) is 0.556. The van der Waals surface area contributed by atoms with Gasteiger partial charge in [0.2, 0.25) is 0 Å². The van der Waals surface area contributed by atoms with Crippen LogP contribution in [0.1, 0.15) is 54.9 Å². The molecule has 2 unspecified atom stereocenters. The summed E-state index contributed by atoms with van der Waals surface area (Å²) in [6.07, 6.45) is 4.75. The molecule has 0 aliphatic carbocycles. The average molecular weight is 300 g/mol. The maximum absolute atomic E-state index is 12.9. The van der Waals surface area contributed by atoms with Gasteiger partial charge in [0.15, 0.2) is 0 Å². The summed E-state index contributed by atoms with van der Waals surface area (Å²) in [6, 6.07) is 9.56. The molecular formula is C18H24N2O2. The molecule has 0 saturated carbocycles. The van der Waals surface area contributed by atoms with E-state index in [9.17, 15) is 9.90 Å². The van der Waals surface area contributed by atoms with Crippen molar-refractivity contribution in [2.24, 2.45) is 0 Å². The van der Waals surface area contributed by atoms with Gasteiger partial charge in [-0.05, 0) is 43.9 Å². The van der Waals surface area contributed by atoms with Crippen molar-refractivity contribution >= 4 is 5.91 Å². The van der Waals surface area contributed by atoms with Crippen molar-refractivity contribution in [1.29, 1.82) is 5.26 Å². The predicted octanol–water partition coefficient (Wildman–Crippen LogP) is 2.91. The number of nitrogens with zero attached hydrogens (tertiary/aromatic N) is 2. The maximum atomic E-state index is 12.9. The number of carbonyl (C=O) groups excluding carboxylic acids is 1. The number of rotatable bonds is 4. The molecule has 4 nitrogen and oxygen atoms in total. The fourth-order valence-corrected chi connectivity index (χ4v) is 3.15. The molecule has 0 bridgehead atoms. The van der Waals surface area contributed by atoms with Gasteiger partial charge in [0, 0.05) is 18.2 Å². The van der Waals surface area contributed by atoms with E-state index >= 15 is 0 Å².